The molecule has 7 nitrogen and oxygen atoms in total. The third-order valence-corrected chi connectivity index (χ3v) is 3.94. The molecule has 0 aliphatic heterocycles. The molecular weight excluding hydrogens is 278 g/mol. The average Bonchev–Trinajstić information content (AvgIpc) is 2.89. The van der Waals surface area contributed by atoms with Gasteiger partial charge in [0.05, 0.1) is 24.6 Å². The number of sulfonamides is 1. The first kappa shape index (κ1) is 14.5. The van der Waals surface area contributed by atoms with Crippen LogP contribution in [0.1, 0.15) is 6.92 Å². The number of pyridine rings is 1. The minimum absolute atomic E-state index is 0.137. The van der Waals surface area contributed by atoms with E-state index < -0.39 is 10.0 Å². The number of nitrogens with one attached hydrogen (secondary N) is 2. The molecule has 0 aliphatic carbocycles. The molecule has 0 amide bonds. The van der Waals surface area contributed by atoms with E-state index in [9.17, 15) is 8.42 Å². The summed E-state index contributed by atoms with van der Waals surface area (Å²) in [6.07, 6.45) is 5.88. The maximum absolute atomic E-state index is 12.1. The van der Waals surface area contributed by atoms with Gasteiger partial charge in [-0.1, -0.05) is 6.92 Å². The van der Waals surface area contributed by atoms with Gasteiger partial charge >= 0.3 is 0 Å². The predicted molar refractivity (Wildman–Crippen MR) is 75.8 cm³/mol. The maximum atomic E-state index is 12.1. The van der Waals surface area contributed by atoms with Crippen molar-refractivity contribution in [1.29, 1.82) is 0 Å². The topological polar surface area (TPSA) is 88.9 Å². The Balaban J connectivity index is 2.06. The molecule has 0 saturated carbocycles. The quantitative estimate of drug-likeness (QED) is 0.734. The van der Waals surface area contributed by atoms with Crippen LogP contribution in [-0.4, -0.2) is 36.3 Å². The van der Waals surface area contributed by atoms with Gasteiger partial charge in [0, 0.05) is 18.9 Å². The molecule has 0 aromatic carbocycles. The lowest BCUT2D eigenvalue weighted by Crippen LogP contribution is -2.19. The zero-order valence-electron chi connectivity index (χ0n) is 11.2. The predicted octanol–water partition coefficient (Wildman–Crippen LogP) is 0.688. The Morgan fingerprint density at radius 1 is 1.35 bits per heavy atom. The van der Waals surface area contributed by atoms with Crippen LogP contribution in [0.5, 0.6) is 0 Å². The zero-order valence-corrected chi connectivity index (χ0v) is 12.0. The molecule has 2 aromatic rings. The molecule has 2 N–H and O–H groups in total. The Hall–Kier alpha value is -1.93. The van der Waals surface area contributed by atoms with E-state index in [1.54, 1.807) is 23.0 Å². The van der Waals surface area contributed by atoms with Crippen LogP contribution in [0, 0.1) is 0 Å². The summed E-state index contributed by atoms with van der Waals surface area (Å²) < 4.78 is 28.3. The van der Waals surface area contributed by atoms with Crippen molar-refractivity contribution in [1.82, 2.24) is 20.1 Å². The Morgan fingerprint density at radius 2 is 2.20 bits per heavy atom. The van der Waals surface area contributed by atoms with Gasteiger partial charge in [-0.15, -0.1) is 0 Å². The van der Waals surface area contributed by atoms with Crippen LogP contribution in [0.2, 0.25) is 0 Å². The van der Waals surface area contributed by atoms with Crippen LogP contribution in [0.15, 0.2) is 41.8 Å². The highest BCUT2D eigenvalue weighted by Crippen LogP contribution is 2.13. The van der Waals surface area contributed by atoms with Gasteiger partial charge in [0.25, 0.3) is 10.0 Å². The fourth-order valence-electron chi connectivity index (χ4n) is 1.61. The van der Waals surface area contributed by atoms with Gasteiger partial charge in [-0.05, 0) is 18.7 Å². The summed E-state index contributed by atoms with van der Waals surface area (Å²) in [4.78, 5) is 4.00. The molecule has 108 valence electrons. The molecule has 20 heavy (non-hydrogen) atoms. The van der Waals surface area contributed by atoms with Gasteiger partial charge in [-0.25, -0.2) is 8.42 Å². The third kappa shape index (κ3) is 3.78. The number of hydrogen-bond donors (Lipinski definition) is 2. The molecule has 0 unspecified atom stereocenters. The van der Waals surface area contributed by atoms with E-state index in [-0.39, 0.29) is 4.90 Å². The fraction of sp³-hybridized carbons (Fsp3) is 0.333. The summed E-state index contributed by atoms with van der Waals surface area (Å²) in [6.45, 7) is 4.25. The SMILES string of the molecule is CCNCCn1cc(S(=O)(=O)Nc2cccnc2)cn1. The van der Waals surface area contributed by atoms with Gasteiger partial charge in [0.2, 0.25) is 0 Å². The second kappa shape index (κ2) is 6.49. The van der Waals surface area contributed by atoms with Crippen LogP contribution in [0.4, 0.5) is 5.69 Å². The summed E-state index contributed by atoms with van der Waals surface area (Å²) in [7, 11) is -3.62. The van der Waals surface area contributed by atoms with Gasteiger partial charge in [-0.2, -0.15) is 5.10 Å². The number of hydrogen-bond acceptors (Lipinski definition) is 5. The average molecular weight is 295 g/mol. The van der Waals surface area contributed by atoms with E-state index >= 15 is 0 Å². The summed E-state index contributed by atoms with van der Waals surface area (Å²) in [5.41, 5.74) is 0.424. The van der Waals surface area contributed by atoms with E-state index in [4.69, 9.17) is 0 Å². The molecule has 2 aromatic heterocycles. The molecule has 8 heteroatoms. The van der Waals surface area contributed by atoms with E-state index in [1.165, 1.54) is 18.6 Å². The lowest BCUT2D eigenvalue weighted by atomic mass is 10.4. The number of anilines is 1. The van der Waals surface area contributed by atoms with Crippen LogP contribution in [-0.2, 0) is 16.6 Å². The first-order valence-corrected chi connectivity index (χ1v) is 7.76. The lowest BCUT2D eigenvalue weighted by molar-refractivity contribution is 0.564. The van der Waals surface area contributed by atoms with Gasteiger partial charge in [0.15, 0.2) is 0 Å². The Bertz CT molecular complexity index is 639. The normalized spacial score (nSPS) is 11.4. The molecular formula is C12H17N5O2S. The molecule has 0 atom stereocenters. The van der Waals surface area contributed by atoms with Crippen molar-refractivity contribution in [2.24, 2.45) is 0 Å². The molecule has 0 spiro atoms. The third-order valence-electron chi connectivity index (χ3n) is 2.60. The summed E-state index contributed by atoms with van der Waals surface area (Å²) in [6, 6.07) is 3.30. The zero-order chi connectivity index (χ0) is 14.4. The minimum atomic E-state index is -3.62. The smallest absolute Gasteiger partial charge is 0.265 e. The van der Waals surface area contributed by atoms with Crippen molar-refractivity contribution in [3.8, 4) is 0 Å². The van der Waals surface area contributed by atoms with Crippen LogP contribution in [0.3, 0.4) is 0 Å². The molecule has 0 aliphatic rings. The van der Waals surface area contributed by atoms with Gasteiger partial charge in [0.1, 0.15) is 4.90 Å². The highest BCUT2D eigenvalue weighted by molar-refractivity contribution is 7.92. The summed E-state index contributed by atoms with van der Waals surface area (Å²) >= 11 is 0. The van der Waals surface area contributed by atoms with Crippen LogP contribution in [0.25, 0.3) is 0 Å². The number of aromatic nitrogens is 3. The van der Waals surface area contributed by atoms with E-state index in [2.05, 4.69) is 20.1 Å². The Labute approximate surface area is 118 Å². The lowest BCUT2D eigenvalue weighted by Gasteiger charge is -2.05. The number of rotatable bonds is 7. The Kier molecular flexibility index (Phi) is 4.70. The number of likely N-dealkylation sites (N-methyl/N-ethyl adjacent to an activating group) is 1. The van der Waals surface area contributed by atoms with Crippen molar-refractivity contribution < 1.29 is 8.42 Å². The molecule has 0 bridgehead atoms. The molecule has 2 rings (SSSR count). The van der Waals surface area contributed by atoms with Crippen LogP contribution < -0.4 is 10.0 Å². The van der Waals surface area contributed by atoms with Crippen molar-refractivity contribution in [3.05, 3.63) is 36.9 Å². The van der Waals surface area contributed by atoms with Crippen molar-refractivity contribution in [3.63, 3.8) is 0 Å². The second-order valence-corrected chi connectivity index (χ2v) is 5.82. The van der Waals surface area contributed by atoms with Crippen molar-refractivity contribution in [2.75, 3.05) is 17.8 Å². The van der Waals surface area contributed by atoms with E-state index in [0.29, 0.717) is 12.2 Å². The molecule has 0 radical (unpaired) electrons. The van der Waals surface area contributed by atoms with Gasteiger partial charge < -0.3 is 5.32 Å². The largest absolute Gasteiger partial charge is 0.315 e. The molecule has 2 heterocycles. The summed E-state index contributed by atoms with van der Waals surface area (Å²) in [5, 5.41) is 7.19. The minimum Gasteiger partial charge on any atom is -0.315 e. The first-order chi connectivity index (χ1) is 9.62. The Morgan fingerprint density at radius 3 is 2.90 bits per heavy atom. The van der Waals surface area contributed by atoms with E-state index in [1.807, 2.05) is 6.92 Å². The van der Waals surface area contributed by atoms with Gasteiger partial charge in [-0.3, -0.25) is 14.4 Å². The van der Waals surface area contributed by atoms with E-state index in [0.717, 1.165) is 13.1 Å². The highest BCUT2D eigenvalue weighted by Gasteiger charge is 2.16. The monoisotopic (exact) mass is 295 g/mol. The standard InChI is InChI=1S/C12H17N5O2S/c1-2-13-6-7-17-10-12(9-15-17)20(18,19)16-11-4-3-5-14-8-11/h3-5,8-10,13,16H,2,6-7H2,1H3. The fourth-order valence-corrected chi connectivity index (χ4v) is 2.61. The van der Waals surface area contributed by atoms with Crippen LogP contribution >= 0.6 is 0 Å². The number of nitrogens with zero attached hydrogens (tertiary/aromatic N) is 3. The second-order valence-electron chi connectivity index (χ2n) is 4.14. The van der Waals surface area contributed by atoms with Crippen molar-refractivity contribution >= 4 is 15.7 Å². The highest BCUT2D eigenvalue weighted by atomic mass is 32.2. The molecule has 0 saturated heterocycles. The first-order valence-electron chi connectivity index (χ1n) is 6.28. The maximum Gasteiger partial charge on any atom is 0.265 e. The van der Waals surface area contributed by atoms with Crippen molar-refractivity contribution in [2.45, 2.75) is 18.4 Å². The summed E-state index contributed by atoms with van der Waals surface area (Å²) in [5.74, 6) is 0. The molecule has 0 fully saturated rings.